The van der Waals surface area contributed by atoms with Gasteiger partial charge in [-0.25, -0.2) is 9.78 Å². The number of aromatic nitrogens is 1. The predicted molar refractivity (Wildman–Crippen MR) is 145 cm³/mol. The first-order valence-electron chi connectivity index (χ1n) is 12.5. The van der Waals surface area contributed by atoms with E-state index in [9.17, 15) is 14.9 Å². The molecule has 0 bridgehead atoms. The maximum Gasteiger partial charge on any atom is 0.339 e. The van der Waals surface area contributed by atoms with E-state index >= 15 is 0 Å². The van der Waals surface area contributed by atoms with Gasteiger partial charge in [0.25, 0.3) is 5.91 Å². The van der Waals surface area contributed by atoms with Gasteiger partial charge in [0.2, 0.25) is 6.79 Å². The van der Waals surface area contributed by atoms with Crippen LogP contribution in [0.15, 0.2) is 66.7 Å². The summed E-state index contributed by atoms with van der Waals surface area (Å²) >= 11 is 0. The molecule has 2 aliphatic rings. The van der Waals surface area contributed by atoms with Gasteiger partial charge in [-0.2, -0.15) is 5.26 Å². The number of benzene rings is 3. The lowest BCUT2D eigenvalue weighted by Gasteiger charge is -2.17. The van der Waals surface area contributed by atoms with Crippen molar-refractivity contribution in [1.29, 1.82) is 5.26 Å². The molecule has 1 aromatic heterocycles. The number of para-hydroxylation sites is 2. The first-order chi connectivity index (χ1) is 19.0. The lowest BCUT2D eigenvalue weighted by Crippen LogP contribution is -2.30. The van der Waals surface area contributed by atoms with Crippen LogP contribution in [-0.4, -0.2) is 29.8 Å². The number of esters is 1. The van der Waals surface area contributed by atoms with Gasteiger partial charge in [-0.05, 0) is 72.9 Å². The van der Waals surface area contributed by atoms with Crippen LogP contribution in [0.2, 0.25) is 0 Å². The van der Waals surface area contributed by atoms with Crippen LogP contribution in [-0.2, 0) is 16.0 Å². The van der Waals surface area contributed by atoms with E-state index in [0.29, 0.717) is 52.1 Å². The fraction of sp³-hybridized carbons (Fsp3) is 0.161. The predicted octanol–water partition coefficient (Wildman–Crippen LogP) is 5.51. The van der Waals surface area contributed by atoms with Gasteiger partial charge in [-0.15, -0.1) is 0 Å². The molecular formula is C31H23N3O5. The molecular weight excluding hydrogens is 494 g/mol. The average molecular weight is 518 g/mol. The van der Waals surface area contributed by atoms with Crippen LogP contribution in [0.5, 0.6) is 11.5 Å². The quantitative estimate of drug-likeness (QED) is 0.348. The Bertz CT molecular complexity index is 1720. The summed E-state index contributed by atoms with van der Waals surface area (Å²) in [5.74, 6) is 0.296. The van der Waals surface area contributed by atoms with E-state index in [0.717, 1.165) is 22.4 Å². The fourth-order valence-electron chi connectivity index (χ4n) is 4.91. The van der Waals surface area contributed by atoms with Gasteiger partial charge in [0.1, 0.15) is 6.07 Å². The molecule has 8 nitrogen and oxygen atoms in total. The maximum atomic E-state index is 13.6. The third-order valence-corrected chi connectivity index (χ3v) is 6.84. The van der Waals surface area contributed by atoms with Crippen molar-refractivity contribution < 1.29 is 23.8 Å². The molecule has 0 radical (unpaired) electrons. The number of nitrogens with zero attached hydrogens (tertiary/aromatic N) is 2. The first-order valence-corrected chi connectivity index (χ1v) is 12.5. The molecule has 0 saturated heterocycles. The van der Waals surface area contributed by atoms with E-state index in [1.165, 1.54) is 6.92 Å². The molecule has 6 rings (SSSR count). The van der Waals surface area contributed by atoms with E-state index in [-0.39, 0.29) is 6.79 Å². The van der Waals surface area contributed by atoms with Gasteiger partial charge in [0.15, 0.2) is 17.6 Å². The molecule has 0 fully saturated rings. The third-order valence-electron chi connectivity index (χ3n) is 6.84. The van der Waals surface area contributed by atoms with Crippen LogP contribution < -0.4 is 14.8 Å². The molecule has 1 aliphatic carbocycles. The lowest BCUT2D eigenvalue weighted by molar-refractivity contribution is -0.123. The van der Waals surface area contributed by atoms with Crippen molar-refractivity contribution in [2.75, 3.05) is 12.1 Å². The van der Waals surface area contributed by atoms with Crippen molar-refractivity contribution in [3.8, 4) is 17.6 Å². The van der Waals surface area contributed by atoms with Crippen LogP contribution >= 0.6 is 0 Å². The second-order valence-corrected chi connectivity index (χ2v) is 9.31. The number of hydrogen-bond acceptors (Lipinski definition) is 7. The molecule has 1 amide bonds. The maximum absolute atomic E-state index is 13.6. The number of ether oxygens (including phenoxy) is 3. The topological polar surface area (TPSA) is 111 Å². The van der Waals surface area contributed by atoms with Gasteiger partial charge in [0.05, 0.1) is 28.0 Å². The van der Waals surface area contributed by atoms with E-state index in [1.807, 2.05) is 54.6 Å². The second-order valence-electron chi connectivity index (χ2n) is 9.31. The molecule has 8 heteroatoms. The van der Waals surface area contributed by atoms with Gasteiger partial charge < -0.3 is 19.5 Å². The number of allylic oxidation sites excluding steroid dienone is 1. The molecule has 1 unspecified atom stereocenters. The zero-order valence-electron chi connectivity index (χ0n) is 21.1. The Morgan fingerprint density at radius 1 is 1.05 bits per heavy atom. The van der Waals surface area contributed by atoms with Crippen LogP contribution in [0.25, 0.3) is 22.6 Å². The zero-order valence-corrected chi connectivity index (χ0v) is 21.1. The Labute approximate surface area is 224 Å². The summed E-state index contributed by atoms with van der Waals surface area (Å²) in [7, 11) is 0. The number of rotatable bonds is 5. The summed E-state index contributed by atoms with van der Waals surface area (Å²) in [4.78, 5) is 31.3. The summed E-state index contributed by atoms with van der Waals surface area (Å²) in [5.41, 5.74) is 5.27. The number of hydrogen-bond donors (Lipinski definition) is 1. The average Bonchev–Trinajstić information content (AvgIpc) is 3.58. The summed E-state index contributed by atoms with van der Waals surface area (Å²) in [6, 6.07) is 21.9. The Hall–Kier alpha value is -5.16. The van der Waals surface area contributed by atoms with Crippen LogP contribution in [0.1, 0.15) is 46.1 Å². The highest BCUT2D eigenvalue weighted by atomic mass is 16.7. The summed E-state index contributed by atoms with van der Waals surface area (Å²) < 4.78 is 16.6. The highest BCUT2D eigenvalue weighted by molar-refractivity contribution is 6.08. The van der Waals surface area contributed by atoms with Crippen LogP contribution in [0, 0.1) is 11.3 Å². The van der Waals surface area contributed by atoms with Crippen LogP contribution in [0.4, 0.5) is 5.69 Å². The first kappa shape index (κ1) is 24.2. The molecule has 39 heavy (non-hydrogen) atoms. The third kappa shape index (κ3) is 4.55. The second kappa shape index (κ2) is 9.95. The Morgan fingerprint density at radius 3 is 2.72 bits per heavy atom. The van der Waals surface area contributed by atoms with E-state index in [2.05, 4.69) is 5.32 Å². The number of amides is 1. The van der Waals surface area contributed by atoms with Gasteiger partial charge in [0, 0.05) is 5.39 Å². The van der Waals surface area contributed by atoms with Crippen molar-refractivity contribution in [3.63, 3.8) is 0 Å². The Morgan fingerprint density at radius 2 is 1.85 bits per heavy atom. The Kier molecular flexibility index (Phi) is 6.17. The number of carbonyl (C=O) groups excluding carboxylic acids is 2. The number of pyridine rings is 1. The molecule has 2 heterocycles. The van der Waals surface area contributed by atoms with Crippen LogP contribution in [0.3, 0.4) is 0 Å². The number of nitrogens with one attached hydrogen (secondary N) is 1. The van der Waals surface area contributed by atoms with Gasteiger partial charge >= 0.3 is 5.97 Å². The highest BCUT2D eigenvalue weighted by Crippen LogP contribution is 2.39. The molecule has 0 spiro atoms. The number of anilines is 1. The zero-order chi connectivity index (χ0) is 26.9. The molecule has 3 aromatic carbocycles. The monoisotopic (exact) mass is 517 g/mol. The molecule has 4 aromatic rings. The SMILES string of the molecule is CC(OC(=O)c1c2c(nc3ccccc13)C(=Cc1ccc3c(c1)OCO3)CC2)C(=O)Nc1ccccc1C#N. The molecule has 1 aliphatic heterocycles. The standard InChI is InChI=1S/C31H23N3O5/c1-18(30(35)34-24-8-4-2-6-21(24)16-32)39-31(36)28-22-7-3-5-9-25(22)33-29-20(11-12-23(28)29)14-19-10-13-26-27(15-19)38-17-37-26/h2-10,13-15,18H,11-12,17H2,1H3,(H,34,35). The highest BCUT2D eigenvalue weighted by Gasteiger charge is 2.29. The van der Waals surface area contributed by atoms with Crippen molar-refractivity contribution in [2.45, 2.75) is 25.9 Å². The van der Waals surface area contributed by atoms with E-state index < -0.39 is 18.0 Å². The smallest absolute Gasteiger partial charge is 0.339 e. The van der Waals surface area contributed by atoms with Crippen molar-refractivity contribution in [3.05, 3.63) is 94.7 Å². The number of carbonyl (C=O) groups is 2. The van der Waals surface area contributed by atoms with E-state index in [1.54, 1.807) is 24.3 Å². The summed E-state index contributed by atoms with van der Waals surface area (Å²) in [6.45, 7) is 1.72. The largest absolute Gasteiger partial charge is 0.454 e. The molecule has 192 valence electrons. The van der Waals surface area contributed by atoms with Crippen molar-refractivity contribution in [2.24, 2.45) is 0 Å². The van der Waals surface area contributed by atoms with E-state index in [4.69, 9.17) is 19.2 Å². The number of nitriles is 1. The minimum atomic E-state index is -1.09. The van der Waals surface area contributed by atoms with Gasteiger partial charge in [-0.1, -0.05) is 36.4 Å². The van der Waals surface area contributed by atoms with Crippen molar-refractivity contribution >= 4 is 40.1 Å². The molecule has 1 N–H and O–H groups in total. The molecule has 1 atom stereocenters. The summed E-state index contributed by atoms with van der Waals surface area (Å²) in [5, 5.41) is 12.7. The minimum Gasteiger partial charge on any atom is -0.454 e. The Balaban J connectivity index is 1.31. The molecule has 0 saturated carbocycles. The van der Waals surface area contributed by atoms with Crippen molar-refractivity contribution in [1.82, 2.24) is 4.98 Å². The fourth-order valence-corrected chi connectivity index (χ4v) is 4.91. The minimum absolute atomic E-state index is 0.207. The lowest BCUT2D eigenvalue weighted by atomic mass is 10.0. The number of fused-ring (bicyclic) bond motifs is 3. The normalized spacial score (nSPS) is 15.0. The van der Waals surface area contributed by atoms with Gasteiger partial charge in [-0.3, -0.25) is 4.79 Å². The summed E-state index contributed by atoms with van der Waals surface area (Å²) in [6.07, 6.45) is 2.28.